The van der Waals surface area contributed by atoms with E-state index in [0.29, 0.717) is 0 Å². The number of hydrogen-bond donors (Lipinski definition) is 1. The summed E-state index contributed by atoms with van der Waals surface area (Å²) in [5.74, 6) is 4.97. The van der Waals surface area contributed by atoms with Crippen LogP contribution < -0.4 is 5.32 Å². The zero-order valence-electron chi connectivity index (χ0n) is 10.9. The van der Waals surface area contributed by atoms with Crippen LogP contribution in [0.15, 0.2) is 24.3 Å². The van der Waals surface area contributed by atoms with E-state index in [2.05, 4.69) is 41.1 Å². The van der Waals surface area contributed by atoms with Gasteiger partial charge in [0.05, 0.1) is 6.04 Å². The Labute approximate surface area is 108 Å². The van der Waals surface area contributed by atoms with E-state index in [1.54, 1.807) is 6.92 Å². The van der Waals surface area contributed by atoms with Crippen molar-refractivity contribution in [3.63, 3.8) is 0 Å². The lowest BCUT2D eigenvalue weighted by atomic mass is 9.95. The van der Waals surface area contributed by atoms with E-state index in [-0.39, 0.29) is 11.9 Å². The summed E-state index contributed by atoms with van der Waals surface area (Å²) in [4.78, 5) is 13.9. The van der Waals surface area contributed by atoms with Crippen LogP contribution in [-0.4, -0.2) is 23.9 Å². The summed E-state index contributed by atoms with van der Waals surface area (Å²) >= 11 is 0. The minimum Gasteiger partial charge on any atom is -0.337 e. The van der Waals surface area contributed by atoms with Gasteiger partial charge in [0, 0.05) is 13.1 Å². The van der Waals surface area contributed by atoms with E-state index in [1.165, 1.54) is 11.1 Å². The number of likely N-dealkylation sites (N-methyl/N-ethyl adjacent to an activating group) is 1. The Kier molecular flexibility index (Phi) is 4.01. The topological polar surface area (TPSA) is 32.3 Å². The molecule has 1 aromatic rings. The molecule has 1 heterocycles. The van der Waals surface area contributed by atoms with Gasteiger partial charge in [0.2, 0.25) is 0 Å². The SMILES string of the molecule is CC#CC(=O)NC1CN(CC)Cc2ccccc21. The average Bonchev–Trinajstić information content (AvgIpc) is 2.38. The molecule has 3 heteroatoms. The maximum absolute atomic E-state index is 11.6. The van der Waals surface area contributed by atoms with Crippen molar-refractivity contribution in [3.05, 3.63) is 35.4 Å². The van der Waals surface area contributed by atoms with Gasteiger partial charge in [-0.05, 0) is 30.5 Å². The molecule has 0 fully saturated rings. The minimum absolute atomic E-state index is 0.0447. The van der Waals surface area contributed by atoms with E-state index < -0.39 is 0 Å². The molecule has 1 aliphatic heterocycles. The third-order valence-corrected chi connectivity index (χ3v) is 3.26. The predicted octanol–water partition coefficient (Wildman–Crippen LogP) is 1.70. The first kappa shape index (κ1) is 12.7. The Balaban J connectivity index is 2.23. The van der Waals surface area contributed by atoms with Gasteiger partial charge in [-0.15, -0.1) is 0 Å². The van der Waals surface area contributed by atoms with Crippen molar-refractivity contribution in [2.75, 3.05) is 13.1 Å². The molecule has 1 unspecified atom stereocenters. The first-order valence-corrected chi connectivity index (χ1v) is 6.28. The van der Waals surface area contributed by atoms with Crippen molar-refractivity contribution >= 4 is 5.91 Å². The Morgan fingerprint density at radius 3 is 3.00 bits per heavy atom. The standard InChI is InChI=1S/C15H18N2O/c1-3-7-15(18)16-14-11-17(4-2)10-12-8-5-6-9-13(12)14/h5-6,8-9,14H,4,10-11H2,1-2H3,(H,16,18). The summed E-state index contributed by atoms with van der Waals surface area (Å²) in [6, 6.07) is 8.32. The number of amides is 1. The summed E-state index contributed by atoms with van der Waals surface area (Å²) in [5, 5.41) is 2.99. The second kappa shape index (κ2) is 5.70. The predicted molar refractivity (Wildman–Crippen MR) is 71.7 cm³/mol. The van der Waals surface area contributed by atoms with Crippen LogP contribution >= 0.6 is 0 Å². The molecular formula is C15H18N2O. The van der Waals surface area contributed by atoms with Gasteiger partial charge in [0.1, 0.15) is 0 Å². The maximum Gasteiger partial charge on any atom is 0.296 e. The first-order valence-electron chi connectivity index (χ1n) is 6.28. The monoisotopic (exact) mass is 242 g/mol. The van der Waals surface area contributed by atoms with Crippen molar-refractivity contribution < 1.29 is 4.79 Å². The third-order valence-electron chi connectivity index (χ3n) is 3.26. The number of rotatable bonds is 2. The number of carbonyl (C=O) groups is 1. The molecule has 0 saturated carbocycles. The van der Waals surface area contributed by atoms with Crippen LogP contribution in [0.2, 0.25) is 0 Å². The molecule has 1 amide bonds. The lowest BCUT2D eigenvalue weighted by Gasteiger charge is -2.34. The highest BCUT2D eigenvalue weighted by Crippen LogP contribution is 2.25. The summed E-state index contributed by atoms with van der Waals surface area (Å²) in [5.41, 5.74) is 2.51. The van der Waals surface area contributed by atoms with Crippen LogP contribution in [0.25, 0.3) is 0 Å². The fourth-order valence-electron chi connectivity index (χ4n) is 2.35. The van der Waals surface area contributed by atoms with Crippen LogP contribution in [0.4, 0.5) is 0 Å². The van der Waals surface area contributed by atoms with Gasteiger partial charge in [-0.2, -0.15) is 0 Å². The molecule has 1 atom stereocenters. The van der Waals surface area contributed by atoms with Gasteiger partial charge >= 0.3 is 0 Å². The molecule has 2 rings (SSSR count). The van der Waals surface area contributed by atoms with Gasteiger partial charge in [0.25, 0.3) is 5.91 Å². The third kappa shape index (κ3) is 2.72. The number of nitrogens with one attached hydrogen (secondary N) is 1. The molecule has 1 N–H and O–H groups in total. The van der Waals surface area contributed by atoms with E-state index in [1.807, 2.05) is 12.1 Å². The number of nitrogens with zero attached hydrogens (tertiary/aromatic N) is 1. The Morgan fingerprint density at radius 1 is 1.50 bits per heavy atom. The Bertz CT molecular complexity index is 499. The van der Waals surface area contributed by atoms with Crippen molar-refractivity contribution in [2.45, 2.75) is 26.4 Å². The summed E-state index contributed by atoms with van der Waals surface area (Å²) in [6.07, 6.45) is 0. The molecule has 0 aromatic heterocycles. The van der Waals surface area contributed by atoms with Crippen LogP contribution in [0.5, 0.6) is 0 Å². The molecule has 0 aliphatic carbocycles. The van der Waals surface area contributed by atoms with Crippen LogP contribution in [0.3, 0.4) is 0 Å². The van der Waals surface area contributed by atoms with Gasteiger partial charge in [-0.3, -0.25) is 9.69 Å². The molecule has 1 aliphatic rings. The van der Waals surface area contributed by atoms with Crippen molar-refractivity contribution in [1.29, 1.82) is 0 Å². The largest absolute Gasteiger partial charge is 0.337 e. The molecule has 0 bridgehead atoms. The zero-order valence-corrected chi connectivity index (χ0v) is 10.9. The lowest BCUT2D eigenvalue weighted by molar-refractivity contribution is -0.116. The zero-order chi connectivity index (χ0) is 13.0. The molecular weight excluding hydrogens is 224 g/mol. The van der Waals surface area contributed by atoms with Crippen LogP contribution in [0, 0.1) is 11.8 Å². The summed E-state index contributed by atoms with van der Waals surface area (Å²) < 4.78 is 0. The maximum atomic E-state index is 11.6. The van der Waals surface area contributed by atoms with Crippen LogP contribution in [-0.2, 0) is 11.3 Å². The van der Waals surface area contributed by atoms with Crippen molar-refractivity contribution in [1.82, 2.24) is 10.2 Å². The highest BCUT2D eigenvalue weighted by Gasteiger charge is 2.24. The summed E-state index contributed by atoms with van der Waals surface area (Å²) in [7, 11) is 0. The van der Waals surface area contributed by atoms with Crippen LogP contribution in [0.1, 0.15) is 31.0 Å². The second-order valence-electron chi connectivity index (χ2n) is 4.43. The quantitative estimate of drug-likeness (QED) is 0.801. The summed E-state index contributed by atoms with van der Waals surface area (Å²) in [6.45, 7) is 6.61. The first-order chi connectivity index (χ1) is 8.74. The van der Waals surface area contributed by atoms with Gasteiger partial charge < -0.3 is 5.32 Å². The van der Waals surface area contributed by atoms with E-state index in [9.17, 15) is 4.79 Å². The number of fused-ring (bicyclic) bond motifs is 1. The molecule has 1 aromatic carbocycles. The van der Waals surface area contributed by atoms with E-state index >= 15 is 0 Å². The van der Waals surface area contributed by atoms with Gasteiger partial charge in [0.15, 0.2) is 0 Å². The highest BCUT2D eigenvalue weighted by atomic mass is 16.1. The molecule has 94 valence electrons. The number of benzene rings is 1. The normalized spacial score (nSPS) is 18.4. The Morgan fingerprint density at radius 2 is 2.28 bits per heavy atom. The molecule has 0 spiro atoms. The smallest absolute Gasteiger partial charge is 0.296 e. The van der Waals surface area contributed by atoms with E-state index in [0.717, 1.165) is 19.6 Å². The molecule has 3 nitrogen and oxygen atoms in total. The molecule has 18 heavy (non-hydrogen) atoms. The highest BCUT2D eigenvalue weighted by molar-refractivity contribution is 5.93. The average molecular weight is 242 g/mol. The van der Waals surface area contributed by atoms with Gasteiger partial charge in [-0.1, -0.05) is 37.1 Å². The Hall–Kier alpha value is -1.79. The fraction of sp³-hybridized carbons (Fsp3) is 0.400. The molecule has 0 radical (unpaired) electrons. The lowest BCUT2D eigenvalue weighted by Crippen LogP contribution is -2.41. The fourth-order valence-corrected chi connectivity index (χ4v) is 2.35. The molecule has 0 saturated heterocycles. The van der Waals surface area contributed by atoms with Crippen molar-refractivity contribution in [2.24, 2.45) is 0 Å². The number of hydrogen-bond acceptors (Lipinski definition) is 2. The minimum atomic E-state index is -0.199. The van der Waals surface area contributed by atoms with E-state index in [4.69, 9.17) is 0 Å². The number of carbonyl (C=O) groups excluding carboxylic acids is 1. The van der Waals surface area contributed by atoms with Gasteiger partial charge in [-0.25, -0.2) is 0 Å². The van der Waals surface area contributed by atoms with Crippen molar-refractivity contribution in [3.8, 4) is 11.8 Å². The second-order valence-corrected chi connectivity index (χ2v) is 4.43.